The summed E-state index contributed by atoms with van der Waals surface area (Å²) in [6.45, 7) is 1.95. The Bertz CT molecular complexity index is 874. The summed E-state index contributed by atoms with van der Waals surface area (Å²) in [6.07, 6.45) is 0. The van der Waals surface area contributed by atoms with Crippen molar-refractivity contribution in [3.63, 3.8) is 0 Å². The summed E-state index contributed by atoms with van der Waals surface area (Å²) in [5.74, 6) is -1.12. The van der Waals surface area contributed by atoms with Gasteiger partial charge in [0.25, 0.3) is 0 Å². The molecule has 0 aliphatic carbocycles. The number of hydrogen-bond acceptors (Lipinski definition) is 2. The fourth-order valence-corrected chi connectivity index (χ4v) is 2.20. The number of rotatable bonds is 2. The minimum absolute atomic E-state index is 0.0644. The van der Waals surface area contributed by atoms with Crippen molar-refractivity contribution in [2.24, 2.45) is 0 Å². The Hall–Kier alpha value is -3.00. The summed E-state index contributed by atoms with van der Waals surface area (Å²) >= 11 is 0. The lowest BCUT2D eigenvalue weighted by atomic mass is 10.1. The predicted molar refractivity (Wildman–Crippen MR) is 78.4 cm³/mol. The summed E-state index contributed by atoms with van der Waals surface area (Å²) in [7, 11) is 0. The SMILES string of the molecule is Cc1ccc(-n2nc(C#N)cc2-c2cc(F)ccc2F)cc1. The first-order valence-corrected chi connectivity index (χ1v) is 6.61. The van der Waals surface area contributed by atoms with Gasteiger partial charge in [0.1, 0.15) is 17.7 Å². The molecule has 0 bridgehead atoms. The molecular formula is C17H11F2N3. The van der Waals surface area contributed by atoms with Gasteiger partial charge in [-0.05, 0) is 37.3 Å². The van der Waals surface area contributed by atoms with Crippen molar-refractivity contribution in [1.82, 2.24) is 9.78 Å². The van der Waals surface area contributed by atoms with Gasteiger partial charge in [0, 0.05) is 11.6 Å². The minimum atomic E-state index is -0.570. The van der Waals surface area contributed by atoms with E-state index in [2.05, 4.69) is 5.10 Å². The van der Waals surface area contributed by atoms with E-state index in [1.165, 1.54) is 10.7 Å². The lowest BCUT2D eigenvalue weighted by Gasteiger charge is -2.09. The van der Waals surface area contributed by atoms with Crippen LogP contribution >= 0.6 is 0 Å². The Kier molecular flexibility index (Phi) is 3.43. The summed E-state index contributed by atoms with van der Waals surface area (Å²) < 4.78 is 28.9. The molecule has 3 nitrogen and oxygen atoms in total. The predicted octanol–water partition coefficient (Wildman–Crippen LogP) is 4.00. The van der Waals surface area contributed by atoms with Gasteiger partial charge < -0.3 is 0 Å². The molecule has 108 valence electrons. The van der Waals surface area contributed by atoms with Gasteiger partial charge in [-0.15, -0.1) is 0 Å². The van der Waals surface area contributed by atoms with Crippen molar-refractivity contribution in [3.8, 4) is 23.0 Å². The van der Waals surface area contributed by atoms with Crippen LogP contribution in [0.1, 0.15) is 11.3 Å². The highest BCUT2D eigenvalue weighted by Gasteiger charge is 2.15. The number of benzene rings is 2. The molecule has 1 heterocycles. The smallest absolute Gasteiger partial charge is 0.163 e. The third kappa shape index (κ3) is 2.47. The molecule has 0 amide bonds. The lowest BCUT2D eigenvalue weighted by molar-refractivity contribution is 0.602. The van der Waals surface area contributed by atoms with Crippen LogP contribution in [0.15, 0.2) is 48.5 Å². The second-order valence-electron chi connectivity index (χ2n) is 4.90. The van der Waals surface area contributed by atoms with Gasteiger partial charge in [-0.2, -0.15) is 10.4 Å². The molecule has 2 aromatic carbocycles. The standard InChI is InChI=1S/C17H11F2N3/c1-11-2-5-14(6-3-11)22-17(9-13(10-20)21-22)15-8-12(18)4-7-16(15)19/h2-9H,1H3. The molecule has 0 spiro atoms. The van der Waals surface area contributed by atoms with Gasteiger partial charge in [-0.3, -0.25) is 0 Å². The number of hydrogen-bond donors (Lipinski definition) is 0. The van der Waals surface area contributed by atoms with E-state index in [4.69, 9.17) is 5.26 Å². The van der Waals surface area contributed by atoms with Gasteiger partial charge >= 0.3 is 0 Å². The monoisotopic (exact) mass is 295 g/mol. The Labute approximate surface area is 126 Å². The maximum atomic E-state index is 14.0. The zero-order valence-electron chi connectivity index (χ0n) is 11.7. The summed E-state index contributed by atoms with van der Waals surface area (Å²) in [5, 5.41) is 13.2. The second kappa shape index (κ2) is 5.41. The fourth-order valence-electron chi connectivity index (χ4n) is 2.20. The topological polar surface area (TPSA) is 41.6 Å². The molecule has 0 fully saturated rings. The fraction of sp³-hybridized carbons (Fsp3) is 0.0588. The normalized spacial score (nSPS) is 10.5. The van der Waals surface area contributed by atoms with Gasteiger partial charge in [-0.1, -0.05) is 17.7 Å². The van der Waals surface area contributed by atoms with Crippen LogP contribution in [0.25, 0.3) is 16.9 Å². The Morgan fingerprint density at radius 2 is 1.77 bits per heavy atom. The van der Waals surface area contributed by atoms with Crippen LogP contribution in [0, 0.1) is 29.9 Å². The maximum absolute atomic E-state index is 14.0. The molecule has 3 aromatic rings. The Morgan fingerprint density at radius 1 is 1.05 bits per heavy atom. The Balaban J connectivity index is 2.23. The van der Waals surface area contributed by atoms with E-state index in [-0.39, 0.29) is 11.3 Å². The molecule has 1 aromatic heterocycles. The van der Waals surface area contributed by atoms with Crippen LogP contribution in [0.4, 0.5) is 8.78 Å². The van der Waals surface area contributed by atoms with Crippen molar-refractivity contribution in [3.05, 3.63) is 71.4 Å². The van der Waals surface area contributed by atoms with Crippen LogP contribution in [0.5, 0.6) is 0 Å². The van der Waals surface area contributed by atoms with Crippen LogP contribution in [0.3, 0.4) is 0 Å². The summed E-state index contributed by atoms with van der Waals surface area (Å²) in [5.41, 5.74) is 2.27. The quantitative estimate of drug-likeness (QED) is 0.717. The number of nitrogens with zero attached hydrogens (tertiary/aromatic N) is 3. The zero-order valence-corrected chi connectivity index (χ0v) is 11.7. The van der Waals surface area contributed by atoms with Crippen LogP contribution in [0.2, 0.25) is 0 Å². The van der Waals surface area contributed by atoms with Gasteiger partial charge in [-0.25, -0.2) is 13.5 Å². The van der Waals surface area contributed by atoms with Crippen molar-refractivity contribution in [2.75, 3.05) is 0 Å². The number of aryl methyl sites for hydroxylation is 1. The third-order valence-corrected chi connectivity index (χ3v) is 3.31. The molecular weight excluding hydrogens is 284 g/mol. The summed E-state index contributed by atoms with van der Waals surface area (Å²) in [4.78, 5) is 0. The molecule has 0 saturated carbocycles. The van der Waals surface area contributed by atoms with Crippen molar-refractivity contribution in [1.29, 1.82) is 5.26 Å². The molecule has 5 heteroatoms. The molecule has 22 heavy (non-hydrogen) atoms. The molecule has 0 aliphatic heterocycles. The third-order valence-electron chi connectivity index (χ3n) is 3.31. The molecule has 0 unspecified atom stereocenters. The van der Waals surface area contributed by atoms with E-state index in [0.29, 0.717) is 11.4 Å². The largest absolute Gasteiger partial charge is 0.232 e. The highest BCUT2D eigenvalue weighted by atomic mass is 19.1. The van der Waals surface area contributed by atoms with Crippen molar-refractivity contribution in [2.45, 2.75) is 6.92 Å². The van der Waals surface area contributed by atoms with E-state index in [0.717, 1.165) is 23.8 Å². The van der Waals surface area contributed by atoms with E-state index in [1.54, 1.807) is 0 Å². The number of halogens is 2. The van der Waals surface area contributed by atoms with Crippen molar-refractivity contribution < 1.29 is 8.78 Å². The van der Waals surface area contributed by atoms with E-state index in [9.17, 15) is 8.78 Å². The maximum Gasteiger partial charge on any atom is 0.163 e. The molecule has 0 atom stereocenters. The minimum Gasteiger partial charge on any atom is -0.232 e. The highest BCUT2D eigenvalue weighted by molar-refractivity contribution is 5.64. The van der Waals surface area contributed by atoms with Crippen LogP contribution in [-0.2, 0) is 0 Å². The second-order valence-corrected chi connectivity index (χ2v) is 4.90. The average Bonchev–Trinajstić information content (AvgIpc) is 2.94. The molecule has 0 saturated heterocycles. The summed E-state index contributed by atoms with van der Waals surface area (Å²) in [6, 6.07) is 14.0. The molecule has 0 aliphatic rings. The Morgan fingerprint density at radius 3 is 2.45 bits per heavy atom. The van der Waals surface area contributed by atoms with Crippen LogP contribution < -0.4 is 0 Å². The van der Waals surface area contributed by atoms with Gasteiger partial charge in [0.2, 0.25) is 0 Å². The highest BCUT2D eigenvalue weighted by Crippen LogP contribution is 2.27. The zero-order chi connectivity index (χ0) is 15.7. The average molecular weight is 295 g/mol. The van der Waals surface area contributed by atoms with Gasteiger partial charge in [0.05, 0.1) is 11.4 Å². The van der Waals surface area contributed by atoms with E-state index >= 15 is 0 Å². The van der Waals surface area contributed by atoms with Gasteiger partial charge in [0.15, 0.2) is 5.69 Å². The molecule has 3 rings (SSSR count). The van der Waals surface area contributed by atoms with Crippen molar-refractivity contribution >= 4 is 0 Å². The van der Waals surface area contributed by atoms with Crippen LogP contribution in [-0.4, -0.2) is 9.78 Å². The first-order chi connectivity index (χ1) is 10.6. The molecule has 0 N–H and O–H groups in total. The number of nitriles is 1. The van der Waals surface area contributed by atoms with E-state index < -0.39 is 11.6 Å². The number of aromatic nitrogens is 2. The first kappa shape index (κ1) is 14.0. The van der Waals surface area contributed by atoms with E-state index in [1.807, 2.05) is 37.3 Å². The lowest BCUT2D eigenvalue weighted by Crippen LogP contribution is -2.00. The first-order valence-electron chi connectivity index (χ1n) is 6.61. The molecule has 0 radical (unpaired) electrons.